The molecule has 0 aliphatic heterocycles. The maximum atomic E-state index is 12.2. The zero-order chi connectivity index (χ0) is 15.4. The molecule has 0 spiro atoms. The van der Waals surface area contributed by atoms with Crippen molar-refractivity contribution >= 4 is 22.6 Å². The average Bonchev–Trinajstić information content (AvgIpc) is 2.50. The van der Waals surface area contributed by atoms with Crippen molar-refractivity contribution in [3.05, 3.63) is 48.0 Å². The number of carbonyl (C=O) groups is 2. The first-order chi connectivity index (χ1) is 10.0. The number of rotatable bonds is 5. The maximum Gasteiger partial charge on any atom is 0.326 e. The number of hydrogen-bond donors (Lipinski definition) is 2. The monoisotopic (exact) mass is 285 g/mol. The summed E-state index contributed by atoms with van der Waals surface area (Å²) in [5.74, 6) is -1.47. The number of carboxylic acids is 1. The number of aliphatic carboxylic acids is 1. The first-order valence-corrected chi connectivity index (χ1v) is 7.05. The van der Waals surface area contributed by atoms with E-state index in [0.29, 0.717) is 12.0 Å². The highest BCUT2D eigenvalue weighted by molar-refractivity contribution is 6.00. The Morgan fingerprint density at radius 2 is 1.81 bits per heavy atom. The summed E-state index contributed by atoms with van der Waals surface area (Å²) in [5, 5.41) is 13.8. The highest BCUT2D eigenvalue weighted by Gasteiger charge is 2.25. The van der Waals surface area contributed by atoms with Crippen LogP contribution in [0, 0.1) is 5.92 Å². The smallest absolute Gasteiger partial charge is 0.326 e. The fourth-order valence-corrected chi connectivity index (χ4v) is 2.24. The summed E-state index contributed by atoms with van der Waals surface area (Å²) in [6.45, 7) is 3.72. The summed E-state index contributed by atoms with van der Waals surface area (Å²) >= 11 is 0. The van der Waals surface area contributed by atoms with E-state index >= 15 is 0 Å². The lowest BCUT2D eigenvalue weighted by atomic mass is 9.98. The minimum absolute atomic E-state index is 0.119. The molecule has 0 fully saturated rings. The molecule has 0 bridgehead atoms. The number of carboxylic acid groups (broad SMARTS) is 1. The van der Waals surface area contributed by atoms with Crippen LogP contribution in [0.25, 0.3) is 10.8 Å². The van der Waals surface area contributed by atoms with Crippen LogP contribution in [0.4, 0.5) is 0 Å². The van der Waals surface area contributed by atoms with E-state index in [9.17, 15) is 14.7 Å². The largest absolute Gasteiger partial charge is 0.480 e. The minimum Gasteiger partial charge on any atom is -0.480 e. The topological polar surface area (TPSA) is 66.4 Å². The lowest BCUT2D eigenvalue weighted by molar-refractivity contribution is -0.140. The lowest BCUT2D eigenvalue weighted by Crippen LogP contribution is -2.45. The Labute approximate surface area is 123 Å². The van der Waals surface area contributed by atoms with Gasteiger partial charge in [-0.1, -0.05) is 50.6 Å². The Balaban J connectivity index is 2.23. The molecule has 4 nitrogen and oxygen atoms in total. The first-order valence-electron chi connectivity index (χ1n) is 7.05. The van der Waals surface area contributed by atoms with E-state index in [1.165, 1.54) is 0 Å². The molecular formula is C17H19NO3. The highest BCUT2D eigenvalue weighted by Crippen LogP contribution is 2.16. The van der Waals surface area contributed by atoms with E-state index < -0.39 is 12.0 Å². The molecule has 0 aliphatic carbocycles. The summed E-state index contributed by atoms with van der Waals surface area (Å²) in [4.78, 5) is 23.5. The molecule has 2 rings (SSSR count). The van der Waals surface area contributed by atoms with Gasteiger partial charge in [-0.05, 0) is 28.8 Å². The van der Waals surface area contributed by atoms with E-state index in [1.807, 2.05) is 44.2 Å². The Hall–Kier alpha value is -2.36. The zero-order valence-electron chi connectivity index (χ0n) is 12.2. The fourth-order valence-electron chi connectivity index (χ4n) is 2.24. The SMILES string of the molecule is CC[C@@H](C)[C@@H](NC(=O)c1ccc2ccccc2c1)C(=O)O. The molecule has 2 atom stereocenters. The molecule has 21 heavy (non-hydrogen) atoms. The number of nitrogens with one attached hydrogen (secondary N) is 1. The third-order valence-electron chi connectivity index (χ3n) is 3.78. The van der Waals surface area contributed by atoms with Gasteiger partial charge in [0.05, 0.1) is 0 Å². The van der Waals surface area contributed by atoms with Crippen molar-refractivity contribution in [2.45, 2.75) is 26.3 Å². The van der Waals surface area contributed by atoms with Crippen molar-refractivity contribution in [3.8, 4) is 0 Å². The van der Waals surface area contributed by atoms with Gasteiger partial charge in [0.2, 0.25) is 0 Å². The molecule has 0 saturated carbocycles. The summed E-state index contributed by atoms with van der Waals surface area (Å²) in [6, 6.07) is 12.2. The van der Waals surface area contributed by atoms with Crippen molar-refractivity contribution in [2.75, 3.05) is 0 Å². The minimum atomic E-state index is -1.00. The van der Waals surface area contributed by atoms with Crippen LogP contribution < -0.4 is 5.32 Å². The summed E-state index contributed by atoms with van der Waals surface area (Å²) in [7, 11) is 0. The molecular weight excluding hydrogens is 266 g/mol. The van der Waals surface area contributed by atoms with Crippen LogP contribution in [-0.2, 0) is 4.79 Å². The fraction of sp³-hybridized carbons (Fsp3) is 0.294. The van der Waals surface area contributed by atoms with Gasteiger partial charge in [0, 0.05) is 5.56 Å². The summed E-state index contributed by atoms with van der Waals surface area (Å²) in [5.41, 5.74) is 0.475. The number of fused-ring (bicyclic) bond motifs is 1. The predicted molar refractivity (Wildman–Crippen MR) is 82.3 cm³/mol. The van der Waals surface area contributed by atoms with Crippen molar-refractivity contribution in [1.29, 1.82) is 0 Å². The molecule has 0 radical (unpaired) electrons. The van der Waals surface area contributed by atoms with E-state index in [4.69, 9.17) is 0 Å². The molecule has 2 N–H and O–H groups in total. The average molecular weight is 285 g/mol. The zero-order valence-corrected chi connectivity index (χ0v) is 12.2. The number of benzene rings is 2. The number of carbonyl (C=O) groups excluding carboxylic acids is 1. The second-order valence-electron chi connectivity index (χ2n) is 5.24. The third kappa shape index (κ3) is 3.40. The van der Waals surface area contributed by atoms with Gasteiger partial charge in [0.25, 0.3) is 5.91 Å². The highest BCUT2D eigenvalue weighted by atomic mass is 16.4. The van der Waals surface area contributed by atoms with Crippen LogP contribution in [0.2, 0.25) is 0 Å². The first kappa shape index (κ1) is 15.0. The molecule has 110 valence electrons. The van der Waals surface area contributed by atoms with Crippen LogP contribution in [0.3, 0.4) is 0 Å². The molecule has 1 amide bonds. The van der Waals surface area contributed by atoms with Gasteiger partial charge in [-0.15, -0.1) is 0 Å². The lowest BCUT2D eigenvalue weighted by Gasteiger charge is -2.20. The van der Waals surface area contributed by atoms with Crippen molar-refractivity contribution in [1.82, 2.24) is 5.32 Å². The van der Waals surface area contributed by atoms with Crippen LogP contribution in [-0.4, -0.2) is 23.0 Å². The van der Waals surface area contributed by atoms with Crippen LogP contribution in [0.1, 0.15) is 30.6 Å². The normalized spacial score (nSPS) is 13.6. The Kier molecular flexibility index (Phi) is 4.58. The number of amides is 1. The Morgan fingerprint density at radius 1 is 1.14 bits per heavy atom. The summed E-state index contributed by atoms with van der Waals surface area (Å²) < 4.78 is 0. The number of hydrogen-bond acceptors (Lipinski definition) is 2. The van der Waals surface area contributed by atoms with Crippen LogP contribution in [0.15, 0.2) is 42.5 Å². The standard InChI is InChI=1S/C17H19NO3/c1-3-11(2)15(17(20)21)18-16(19)14-9-8-12-6-4-5-7-13(12)10-14/h4-11,15H,3H2,1-2H3,(H,18,19)(H,20,21)/t11-,15-/m1/s1. The molecule has 4 heteroatoms. The molecule has 0 heterocycles. The Morgan fingerprint density at radius 3 is 2.43 bits per heavy atom. The predicted octanol–water partition coefficient (Wildman–Crippen LogP) is 3.07. The van der Waals surface area contributed by atoms with Crippen molar-refractivity contribution < 1.29 is 14.7 Å². The van der Waals surface area contributed by atoms with Crippen molar-refractivity contribution in [3.63, 3.8) is 0 Å². The quantitative estimate of drug-likeness (QED) is 0.887. The van der Waals surface area contributed by atoms with E-state index in [0.717, 1.165) is 10.8 Å². The van der Waals surface area contributed by atoms with Gasteiger partial charge in [-0.3, -0.25) is 4.79 Å². The Bertz CT molecular complexity index is 666. The molecule has 2 aromatic rings. The van der Waals surface area contributed by atoms with Gasteiger partial charge in [0.1, 0.15) is 6.04 Å². The molecule has 0 unspecified atom stereocenters. The van der Waals surface area contributed by atoms with Crippen LogP contribution in [0.5, 0.6) is 0 Å². The molecule has 2 aromatic carbocycles. The van der Waals surface area contributed by atoms with Gasteiger partial charge >= 0.3 is 5.97 Å². The van der Waals surface area contributed by atoms with E-state index in [2.05, 4.69) is 5.32 Å². The van der Waals surface area contributed by atoms with Gasteiger partial charge in [-0.2, -0.15) is 0 Å². The van der Waals surface area contributed by atoms with Gasteiger partial charge in [0.15, 0.2) is 0 Å². The second-order valence-corrected chi connectivity index (χ2v) is 5.24. The van der Waals surface area contributed by atoms with Crippen molar-refractivity contribution in [2.24, 2.45) is 5.92 Å². The molecule has 0 aliphatic rings. The van der Waals surface area contributed by atoms with Gasteiger partial charge in [-0.25, -0.2) is 4.79 Å². The second kappa shape index (κ2) is 6.39. The maximum absolute atomic E-state index is 12.2. The van der Waals surface area contributed by atoms with Gasteiger partial charge < -0.3 is 10.4 Å². The third-order valence-corrected chi connectivity index (χ3v) is 3.78. The molecule has 0 aromatic heterocycles. The van der Waals surface area contributed by atoms with E-state index in [-0.39, 0.29) is 11.8 Å². The van der Waals surface area contributed by atoms with Crippen LogP contribution >= 0.6 is 0 Å². The van der Waals surface area contributed by atoms with E-state index in [1.54, 1.807) is 12.1 Å². The molecule has 0 saturated heterocycles. The summed E-state index contributed by atoms with van der Waals surface area (Å²) in [6.07, 6.45) is 0.689.